The van der Waals surface area contributed by atoms with E-state index in [4.69, 9.17) is 0 Å². The fourth-order valence-corrected chi connectivity index (χ4v) is 5.21. The van der Waals surface area contributed by atoms with Crippen LogP contribution in [0.3, 0.4) is 0 Å². The first-order valence-corrected chi connectivity index (χ1v) is 12.6. The van der Waals surface area contributed by atoms with Crippen LogP contribution in [-0.4, -0.2) is 47.8 Å². The molecule has 5 nitrogen and oxygen atoms in total. The van der Waals surface area contributed by atoms with Gasteiger partial charge >= 0.3 is 0 Å². The van der Waals surface area contributed by atoms with Crippen molar-refractivity contribution < 1.29 is 9.59 Å². The van der Waals surface area contributed by atoms with E-state index in [0.717, 1.165) is 62.9 Å². The van der Waals surface area contributed by atoms with Crippen molar-refractivity contribution in [3.8, 4) is 0 Å². The summed E-state index contributed by atoms with van der Waals surface area (Å²) in [7, 11) is 0. The van der Waals surface area contributed by atoms with Gasteiger partial charge in [0.05, 0.1) is 17.2 Å². The van der Waals surface area contributed by atoms with Crippen molar-refractivity contribution in [1.82, 2.24) is 9.80 Å². The maximum absolute atomic E-state index is 13.2. The average Bonchev–Trinajstić information content (AvgIpc) is 3.09. The number of halogens is 1. The number of rotatable bonds is 5. The number of nitrogens with zero attached hydrogens (tertiary/aromatic N) is 2. The van der Waals surface area contributed by atoms with Gasteiger partial charge < -0.3 is 10.2 Å². The molecule has 4 rings (SSSR count). The largest absolute Gasteiger partial charge is 0.339 e. The highest BCUT2D eigenvalue weighted by Gasteiger charge is 2.27. The maximum Gasteiger partial charge on any atom is 0.255 e. The number of carbonyl (C=O) groups is 2. The number of benzene rings is 2. The van der Waals surface area contributed by atoms with Crippen molar-refractivity contribution in [2.75, 3.05) is 31.5 Å². The van der Waals surface area contributed by atoms with Gasteiger partial charge in [-0.25, -0.2) is 0 Å². The third-order valence-corrected chi connectivity index (χ3v) is 6.97. The number of likely N-dealkylation sites (tertiary alicyclic amines) is 2. The van der Waals surface area contributed by atoms with Crippen LogP contribution in [0, 0.1) is 5.92 Å². The molecular formula is C26H32BrN3O2. The second-order valence-corrected chi connectivity index (χ2v) is 9.86. The molecule has 0 saturated carbocycles. The monoisotopic (exact) mass is 497 g/mol. The van der Waals surface area contributed by atoms with Crippen molar-refractivity contribution >= 4 is 33.4 Å². The minimum Gasteiger partial charge on any atom is -0.339 e. The minimum atomic E-state index is -0.0720. The zero-order valence-corrected chi connectivity index (χ0v) is 20.1. The van der Waals surface area contributed by atoms with Crippen molar-refractivity contribution in [1.29, 1.82) is 0 Å². The van der Waals surface area contributed by atoms with Gasteiger partial charge in [-0.05, 0) is 62.1 Å². The van der Waals surface area contributed by atoms with Gasteiger partial charge in [-0.2, -0.15) is 0 Å². The Morgan fingerprint density at radius 1 is 0.938 bits per heavy atom. The van der Waals surface area contributed by atoms with Gasteiger partial charge in [-0.15, -0.1) is 0 Å². The second kappa shape index (κ2) is 11.1. The summed E-state index contributed by atoms with van der Waals surface area (Å²) in [6.45, 7) is 4.18. The van der Waals surface area contributed by atoms with Gasteiger partial charge in [-0.3, -0.25) is 14.5 Å². The average molecular weight is 498 g/mol. The number of nitrogens with one attached hydrogen (secondary N) is 1. The number of piperidine rings is 1. The normalized spacial score (nSPS) is 19.9. The fourth-order valence-electron chi connectivity index (χ4n) is 4.76. The Hall–Kier alpha value is -2.18. The Morgan fingerprint density at radius 3 is 2.50 bits per heavy atom. The third-order valence-electron chi connectivity index (χ3n) is 6.48. The van der Waals surface area contributed by atoms with E-state index < -0.39 is 0 Å². The summed E-state index contributed by atoms with van der Waals surface area (Å²) < 4.78 is 1.08. The zero-order valence-electron chi connectivity index (χ0n) is 18.6. The predicted molar refractivity (Wildman–Crippen MR) is 132 cm³/mol. The number of hydrogen-bond acceptors (Lipinski definition) is 3. The first-order valence-electron chi connectivity index (χ1n) is 11.8. The molecule has 6 heteroatoms. The first kappa shape index (κ1) is 23.0. The lowest BCUT2D eigenvalue weighted by Gasteiger charge is -2.32. The van der Waals surface area contributed by atoms with Crippen LogP contribution >= 0.6 is 15.9 Å². The molecule has 32 heavy (non-hydrogen) atoms. The van der Waals surface area contributed by atoms with Gasteiger partial charge in [0.15, 0.2) is 0 Å². The van der Waals surface area contributed by atoms with Crippen molar-refractivity contribution in [3.63, 3.8) is 0 Å². The Morgan fingerprint density at radius 2 is 1.72 bits per heavy atom. The molecule has 0 bridgehead atoms. The van der Waals surface area contributed by atoms with Crippen LogP contribution in [0.15, 0.2) is 53.0 Å². The van der Waals surface area contributed by atoms with E-state index in [1.807, 2.05) is 41.3 Å². The Kier molecular flexibility index (Phi) is 7.98. The summed E-state index contributed by atoms with van der Waals surface area (Å²) in [5, 5.41) is 3.09. The standard InChI is InChI=1S/C26H32BrN3O2/c27-22-11-7-9-20(17-22)18-29-14-8-10-21(19-29)25(31)28-24-13-4-3-12-23(24)26(32)30-15-5-1-2-6-16-30/h3-4,7,9,11-13,17,21H,1-2,5-6,8,10,14-16,18-19H2,(H,28,31). The number of para-hydroxylation sites is 1. The lowest BCUT2D eigenvalue weighted by Crippen LogP contribution is -2.40. The number of hydrogen-bond donors (Lipinski definition) is 1. The molecular weight excluding hydrogens is 466 g/mol. The molecule has 2 heterocycles. The van der Waals surface area contributed by atoms with Gasteiger partial charge in [-0.1, -0.05) is 53.0 Å². The van der Waals surface area contributed by atoms with Crippen molar-refractivity contribution in [3.05, 3.63) is 64.1 Å². The van der Waals surface area contributed by atoms with Crippen LogP contribution < -0.4 is 5.32 Å². The van der Waals surface area contributed by atoms with E-state index in [2.05, 4.69) is 38.3 Å². The Labute approximate surface area is 199 Å². The number of carbonyl (C=O) groups excluding carboxylic acids is 2. The van der Waals surface area contributed by atoms with Crippen LogP contribution in [0.5, 0.6) is 0 Å². The molecule has 1 N–H and O–H groups in total. The number of anilines is 1. The summed E-state index contributed by atoms with van der Waals surface area (Å²) in [5.41, 5.74) is 2.48. The van der Waals surface area contributed by atoms with Gasteiger partial charge in [0, 0.05) is 30.7 Å². The highest BCUT2D eigenvalue weighted by molar-refractivity contribution is 9.10. The van der Waals surface area contributed by atoms with Gasteiger partial charge in [0.2, 0.25) is 5.91 Å². The summed E-state index contributed by atoms with van der Waals surface area (Å²) >= 11 is 3.54. The second-order valence-electron chi connectivity index (χ2n) is 8.95. The summed E-state index contributed by atoms with van der Waals surface area (Å²) in [5.74, 6) is -0.0277. The quantitative estimate of drug-likeness (QED) is 0.608. The number of amides is 2. The molecule has 1 atom stereocenters. The predicted octanol–water partition coefficient (Wildman–Crippen LogP) is 5.32. The molecule has 2 aliphatic heterocycles. The summed E-state index contributed by atoms with van der Waals surface area (Å²) in [6, 6.07) is 15.8. The maximum atomic E-state index is 13.2. The Bertz CT molecular complexity index is 940. The molecule has 2 aliphatic rings. The molecule has 2 fully saturated rings. The van der Waals surface area contributed by atoms with E-state index in [0.29, 0.717) is 11.3 Å². The molecule has 1 unspecified atom stereocenters. The molecule has 2 saturated heterocycles. The van der Waals surface area contributed by atoms with E-state index >= 15 is 0 Å². The molecule has 0 aliphatic carbocycles. The molecule has 0 radical (unpaired) electrons. The van der Waals surface area contributed by atoms with E-state index in [-0.39, 0.29) is 17.7 Å². The van der Waals surface area contributed by atoms with Gasteiger partial charge in [0.25, 0.3) is 5.91 Å². The van der Waals surface area contributed by atoms with Crippen LogP contribution in [0.1, 0.15) is 54.4 Å². The highest BCUT2D eigenvalue weighted by atomic mass is 79.9. The minimum absolute atomic E-state index is 0.0139. The molecule has 2 aromatic rings. The molecule has 2 amide bonds. The van der Waals surface area contributed by atoms with Crippen molar-refractivity contribution in [2.24, 2.45) is 5.92 Å². The Balaban J connectivity index is 1.40. The van der Waals surface area contributed by atoms with E-state index in [9.17, 15) is 9.59 Å². The SMILES string of the molecule is O=C(Nc1ccccc1C(=O)N1CCCCCC1)C1CCCN(Cc2cccc(Br)c2)C1. The molecule has 0 spiro atoms. The summed E-state index contributed by atoms with van der Waals surface area (Å²) in [6.07, 6.45) is 6.34. The van der Waals surface area contributed by atoms with Crippen LogP contribution in [0.25, 0.3) is 0 Å². The lowest BCUT2D eigenvalue weighted by molar-refractivity contribution is -0.121. The third kappa shape index (κ3) is 5.99. The molecule has 170 valence electrons. The fraction of sp³-hybridized carbons (Fsp3) is 0.462. The van der Waals surface area contributed by atoms with E-state index in [1.54, 1.807) is 0 Å². The van der Waals surface area contributed by atoms with E-state index in [1.165, 1.54) is 18.4 Å². The topological polar surface area (TPSA) is 52.7 Å². The van der Waals surface area contributed by atoms with Crippen LogP contribution in [0.4, 0.5) is 5.69 Å². The van der Waals surface area contributed by atoms with Crippen LogP contribution in [0.2, 0.25) is 0 Å². The lowest BCUT2D eigenvalue weighted by atomic mass is 9.96. The van der Waals surface area contributed by atoms with Gasteiger partial charge in [0.1, 0.15) is 0 Å². The molecule has 2 aromatic carbocycles. The first-order chi connectivity index (χ1) is 15.6. The zero-order chi connectivity index (χ0) is 22.3. The molecule has 0 aromatic heterocycles. The smallest absolute Gasteiger partial charge is 0.255 e. The van der Waals surface area contributed by atoms with Crippen LogP contribution in [-0.2, 0) is 11.3 Å². The highest BCUT2D eigenvalue weighted by Crippen LogP contribution is 2.24. The van der Waals surface area contributed by atoms with Crippen molar-refractivity contribution in [2.45, 2.75) is 45.1 Å². The summed E-state index contributed by atoms with van der Waals surface area (Å²) in [4.78, 5) is 30.6.